The number of nitrogens with zero attached hydrogens (tertiary/aromatic N) is 7. The molecule has 0 bridgehead atoms. The first-order valence-electron chi connectivity index (χ1n) is 23.6. The molecule has 0 radical (unpaired) electrons. The Labute approximate surface area is 399 Å². The molecule has 1 N–H and O–H groups in total. The van der Waals surface area contributed by atoms with Gasteiger partial charge >= 0.3 is 0 Å². The van der Waals surface area contributed by atoms with Gasteiger partial charge in [0.2, 0.25) is 5.95 Å². The number of amidine groups is 2. The van der Waals surface area contributed by atoms with E-state index in [1.807, 2.05) is 42.5 Å². The largest absolute Gasteiger partial charge is 0.344 e. The van der Waals surface area contributed by atoms with Crippen LogP contribution in [0.5, 0.6) is 0 Å². The summed E-state index contributed by atoms with van der Waals surface area (Å²) in [6.07, 6.45) is 10.5. The lowest BCUT2D eigenvalue weighted by Gasteiger charge is -2.26. The van der Waals surface area contributed by atoms with Crippen LogP contribution in [0.2, 0.25) is 0 Å². The predicted molar refractivity (Wildman–Crippen MR) is 281 cm³/mol. The zero-order valence-corrected chi connectivity index (χ0v) is 37.6. The maximum absolute atomic E-state index is 5.48. The standard InChI is InChI=1S/C61H44N8/c1-2-7-23-40(22-6-1)44-30-14-15-32-47(44)59-63-56(41-24-8-3-9-25-41)64-60(65-59)49-34-18-21-37-52(49)68-51-36-20-17-33-48(51)54-53(68)39-38-46-45-31-16-19-35-50(45)69(55(46)54)61-66-57(42-26-10-4-11-27-42)62-58(67-61)43-28-12-5-13-29-43/h1-6,8-22,24-40,56H,7,23H2,(H,63,64,65). The van der Waals surface area contributed by atoms with E-state index in [0.717, 1.165) is 95.8 Å². The van der Waals surface area contributed by atoms with Crippen LogP contribution < -0.4 is 5.32 Å². The molecule has 13 rings (SSSR count). The Bertz CT molecular complexity index is 3820. The second-order valence-electron chi connectivity index (χ2n) is 17.5. The molecule has 2 atom stereocenters. The summed E-state index contributed by atoms with van der Waals surface area (Å²) in [5.41, 5.74) is 11.3. The van der Waals surface area contributed by atoms with E-state index in [1.54, 1.807) is 0 Å². The van der Waals surface area contributed by atoms with Crippen molar-refractivity contribution < 1.29 is 0 Å². The molecule has 3 aromatic heterocycles. The number of aromatic nitrogens is 5. The number of allylic oxidation sites excluding steroid dienone is 4. The molecule has 0 spiro atoms. The smallest absolute Gasteiger partial charge is 0.238 e. The molecule has 0 saturated carbocycles. The number of fused-ring (bicyclic) bond motifs is 7. The minimum Gasteiger partial charge on any atom is -0.344 e. The number of aliphatic imine (C=N–C) groups is 2. The van der Waals surface area contributed by atoms with Gasteiger partial charge in [-0.3, -0.25) is 4.57 Å². The normalized spacial score (nSPS) is 15.9. The van der Waals surface area contributed by atoms with Gasteiger partial charge < -0.3 is 9.88 Å². The van der Waals surface area contributed by atoms with Crippen molar-refractivity contribution in [1.82, 2.24) is 29.4 Å². The quantitative estimate of drug-likeness (QED) is 0.165. The fraction of sp³-hybridized carbons (Fsp3) is 0.0656. The third-order valence-electron chi connectivity index (χ3n) is 13.5. The number of rotatable bonds is 8. The van der Waals surface area contributed by atoms with Crippen molar-refractivity contribution in [1.29, 1.82) is 0 Å². The van der Waals surface area contributed by atoms with E-state index in [9.17, 15) is 0 Å². The molecule has 0 fully saturated rings. The average Bonchev–Trinajstić information content (AvgIpc) is 3.79. The van der Waals surface area contributed by atoms with Gasteiger partial charge in [-0.2, -0.15) is 9.97 Å². The lowest BCUT2D eigenvalue weighted by Crippen LogP contribution is -2.34. The predicted octanol–water partition coefficient (Wildman–Crippen LogP) is 13.9. The first kappa shape index (κ1) is 40.3. The van der Waals surface area contributed by atoms with E-state index in [1.165, 1.54) is 5.56 Å². The molecule has 2 unspecified atom stereocenters. The highest BCUT2D eigenvalue weighted by Crippen LogP contribution is 2.43. The Morgan fingerprint density at radius 2 is 1.12 bits per heavy atom. The summed E-state index contributed by atoms with van der Waals surface area (Å²) in [6.45, 7) is 0. The lowest BCUT2D eigenvalue weighted by atomic mass is 9.90. The fourth-order valence-corrected chi connectivity index (χ4v) is 10.3. The molecular formula is C61H44N8. The Kier molecular flexibility index (Phi) is 9.93. The zero-order valence-electron chi connectivity index (χ0n) is 37.6. The number of benzene rings is 8. The van der Waals surface area contributed by atoms with Crippen LogP contribution in [0.3, 0.4) is 0 Å². The SMILES string of the molecule is C1=CCCC(c2ccccc2C2=NC(c3ccccc3)NC(c3ccccc3-n3c4ccccc4c4c3ccc3c5ccccc5n(-c5nc(-c6ccccc6)nc(-c6ccccc6)n5)c34)=N2)C=C1. The maximum atomic E-state index is 5.48. The highest BCUT2D eigenvalue weighted by atomic mass is 15.2. The van der Waals surface area contributed by atoms with Gasteiger partial charge in [0.25, 0.3) is 0 Å². The molecule has 0 amide bonds. The highest BCUT2D eigenvalue weighted by Gasteiger charge is 2.28. The molecule has 8 heteroatoms. The van der Waals surface area contributed by atoms with Crippen molar-refractivity contribution >= 4 is 55.3 Å². The first-order chi connectivity index (χ1) is 34.2. The van der Waals surface area contributed by atoms with Gasteiger partial charge in [0.1, 0.15) is 12.0 Å². The minimum absolute atomic E-state index is 0.243. The molecule has 1 aliphatic carbocycles. The summed E-state index contributed by atoms with van der Waals surface area (Å²) in [5, 5.41) is 8.24. The van der Waals surface area contributed by atoms with Gasteiger partial charge in [0, 0.05) is 49.7 Å². The summed E-state index contributed by atoms with van der Waals surface area (Å²) in [6, 6.07) is 69.8. The molecule has 8 nitrogen and oxygen atoms in total. The van der Waals surface area contributed by atoms with E-state index in [2.05, 4.69) is 196 Å². The van der Waals surface area contributed by atoms with Gasteiger partial charge in [0.15, 0.2) is 17.5 Å². The van der Waals surface area contributed by atoms with Crippen LogP contribution in [0.1, 0.15) is 47.2 Å². The summed E-state index contributed by atoms with van der Waals surface area (Å²) in [5.74, 6) is 3.48. The van der Waals surface area contributed by atoms with Crippen LogP contribution in [0.4, 0.5) is 0 Å². The summed E-state index contributed by atoms with van der Waals surface area (Å²) >= 11 is 0. The molecule has 1 aliphatic heterocycles. The topological polar surface area (TPSA) is 85.3 Å². The minimum atomic E-state index is -0.364. The molecule has 328 valence electrons. The third kappa shape index (κ3) is 7.04. The van der Waals surface area contributed by atoms with Crippen LogP contribution in [0, 0.1) is 0 Å². The number of hydrogen-bond donors (Lipinski definition) is 1. The van der Waals surface area contributed by atoms with Crippen LogP contribution in [-0.2, 0) is 0 Å². The Balaban J connectivity index is 1.05. The van der Waals surface area contributed by atoms with Gasteiger partial charge in [0.05, 0.1) is 27.8 Å². The summed E-state index contributed by atoms with van der Waals surface area (Å²) in [7, 11) is 0. The molecule has 69 heavy (non-hydrogen) atoms. The number of nitrogens with one attached hydrogen (secondary N) is 1. The van der Waals surface area contributed by atoms with Crippen molar-refractivity contribution in [2.24, 2.45) is 9.98 Å². The van der Waals surface area contributed by atoms with Gasteiger partial charge in [-0.1, -0.05) is 194 Å². The highest BCUT2D eigenvalue weighted by molar-refractivity contribution is 6.26. The lowest BCUT2D eigenvalue weighted by molar-refractivity contribution is 0.673. The number of hydrogen-bond acceptors (Lipinski definition) is 6. The Morgan fingerprint density at radius 3 is 1.87 bits per heavy atom. The van der Waals surface area contributed by atoms with Crippen molar-refractivity contribution in [3.8, 4) is 34.4 Å². The van der Waals surface area contributed by atoms with Crippen molar-refractivity contribution in [3.63, 3.8) is 0 Å². The fourth-order valence-electron chi connectivity index (χ4n) is 10.3. The van der Waals surface area contributed by atoms with Crippen molar-refractivity contribution in [2.75, 3.05) is 0 Å². The molecule has 4 heterocycles. The van der Waals surface area contributed by atoms with E-state index >= 15 is 0 Å². The van der Waals surface area contributed by atoms with Crippen molar-refractivity contribution in [2.45, 2.75) is 24.9 Å². The summed E-state index contributed by atoms with van der Waals surface area (Å²) < 4.78 is 4.64. The second-order valence-corrected chi connectivity index (χ2v) is 17.5. The molecule has 0 saturated heterocycles. The van der Waals surface area contributed by atoms with Crippen LogP contribution in [0.25, 0.3) is 78.0 Å². The molecular weight excluding hydrogens is 845 g/mol. The summed E-state index contributed by atoms with van der Waals surface area (Å²) in [4.78, 5) is 26.5. The van der Waals surface area contributed by atoms with Gasteiger partial charge in [-0.15, -0.1) is 0 Å². The van der Waals surface area contributed by atoms with Crippen LogP contribution in [0.15, 0.2) is 234 Å². The second kappa shape index (κ2) is 17.0. The zero-order chi connectivity index (χ0) is 45.7. The Hall–Kier alpha value is -9.01. The van der Waals surface area contributed by atoms with Crippen LogP contribution >= 0.6 is 0 Å². The number of para-hydroxylation sites is 3. The van der Waals surface area contributed by atoms with Gasteiger partial charge in [-0.05, 0) is 54.3 Å². The van der Waals surface area contributed by atoms with E-state index < -0.39 is 0 Å². The van der Waals surface area contributed by atoms with E-state index in [4.69, 9.17) is 24.9 Å². The van der Waals surface area contributed by atoms with Gasteiger partial charge in [-0.25, -0.2) is 15.0 Å². The molecule has 2 aliphatic rings. The van der Waals surface area contributed by atoms with Crippen molar-refractivity contribution in [3.05, 3.63) is 247 Å². The molecule has 11 aromatic rings. The Morgan fingerprint density at radius 1 is 0.493 bits per heavy atom. The maximum Gasteiger partial charge on any atom is 0.238 e. The average molecular weight is 889 g/mol. The van der Waals surface area contributed by atoms with Crippen LogP contribution in [-0.4, -0.2) is 35.8 Å². The third-order valence-corrected chi connectivity index (χ3v) is 13.5. The monoisotopic (exact) mass is 888 g/mol. The van der Waals surface area contributed by atoms with E-state index in [-0.39, 0.29) is 12.1 Å². The van der Waals surface area contributed by atoms with E-state index in [0.29, 0.717) is 23.4 Å². The molecule has 8 aromatic carbocycles. The first-order valence-corrected chi connectivity index (χ1v) is 23.6.